The molecule has 0 aliphatic carbocycles. The minimum Gasteiger partial charge on any atom is -0.385 e. The zero-order valence-corrected chi connectivity index (χ0v) is 12.1. The molecule has 2 rings (SSSR count). The van der Waals surface area contributed by atoms with E-state index in [2.05, 4.69) is 55.3 Å². The lowest BCUT2D eigenvalue weighted by molar-refractivity contribution is 0.866. The maximum Gasteiger partial charge on any atom is 0.0797 e. The van der Waals surface area contributed by atoms with Gasteiger partial charge in [-0.25, -0.2) is 4.98 Å². The van der Waals surface area contributed by atoms with E-state index in [4.69, 9.17) is 0 Å². The molecule has 0 atom stereocenters. The van der Waals surface area contributed by atoms with Crippen LogP contribution in [0.2, 0.25) is 0 Å². The fourth-order valence-corrected chi connectivity index (χ4v) is 2.65. The van der Waals surface area contributed by atoms with Crippen molar-refractivity contribution in [3.8, 4) is 0 Å². The van der Waals surface area contributed by atoms with Gasteiger partial charge in [0, 0.05) is 23.5 Å². The Hall–Kier alpha value is -1.35. The Morgan fingerprint density at radius 3 is 2.50 bits per heavy atom. The molecule has 0 bridgehead atoms. The molecule has 0 aliphatic rings. The summed E-state index contributed by atoms with van der Waals surface area (Å²) in [6, 6.07) is 8.72. The van der Waals surface area contributed by atoms with Crippen molar-refractivity contribution >= 4 is 17.0 Å². The molecule has 1 aromatic carbocycles. The van der Waals surface area contributed by atoms with Gasteiger partial charge in [-0.3, -0.25) is 0 Å². The summed E-state index contributed by atoms with van der Waals surface area (Å²) in [5, 5.41) is 3.46. The molecule has 1 heterocycles. The van der Waals surface area contributed by atoms with Crippen LogP contribution in [0.1, 0.15) is 35.9 Å². The van der Waals surface area contributed by atoms with Crippen LogP contribution in [0, 0.1) is 6.92 Å². The van der Waals surface area contributed by atoms with E-state index in [0.717, 1.165) is 18.7 Å². The molecule has 0 saturated heterocycles. The number of anilines is 1. The highest BCUT2D eigenvalue weighted by Crippen LogP contribution is 2.17. The highest BCUT2D eigenvalue weighted by molar-refractivity contribution is 7.09. The first-order valence-electron chi connectivity index (χ1n) is 6.39. The Balaban J connectivity index is 1.85. The minimum absolute atomic E-state index is 0.596. The average molecular weight is 260 g/mol. The standard InChI is InChI=1S/C15H20N2S/c1-11(2)13-4-6-14(7-5-13)16-9-8-15-12(3)17-10-18-15/h4-7,10-11,16H,8-9H2,1-3H3. The molecule has 0 saturated carbocycles. The second kappa shape index (κ2) is 6.01. The van der Waals surface area contributed by atoms with Gasteiger partial charge in [0.15, 0.2) is 0 Å². The molecule has 3 heteroatoms. The Labute approximate surface area is 113 Å². The van der Waals surface area contributed by atoms with Crippen molar-refractivity contribution in [3.05, 3.63) is 45.9 Å². The summed E-state index contributed by atoms with van der Waals surface area (Å²) in [5.74, 6) is 0.596. The van der Waals surface area contributed by atoms with Crippen LogP contribution in [0.15, 0.2) is 29.8 Å². The van der Waals surface area contributed by atoms with Crippen molar-refractivity contribution in [1.29, 1.82) is 0 Å². The third-order valence-corrected chi connectivity index (χ3v) is 4.10. The molecule has 0 aliphatic heterocycles. The van der Waals surface area contributed by atoms with Crippen molar-refractivity contribution in [2.75, 3.05) is 11.9 Å². The number of nitrogens with zero attached hydrogens (tertiary/aromatic N) is 1. The second-order valence-corrected chi connectivity index (χ2v) is 5.75. The lowest BCUT2D eigenvalue weighted by atomic mass is 10.0. The smallest absolute Gasteiger partial charge is 0.0797 e. The third kappa shape index (κ3) is 3.33. The van der Waals surface area contributed by atoms with Crippen molar-refractivity contribution in [3.63, 3.8) is 0 Å². The minimum atomic E-state index is 0.596. The largest absolute Gasteiger partial charge is 0.385 e. The van der Waals surface area contributed by atoms with Gasteiger partial charge in [-0.2, -0.15) is 0 Å². The first-order chi connectivity index (χ1) is 8.66. The molecule has 0 radical (unpaired) electrons. The molecule has 2 nitrogen and oxygen atoms in total. The van der Waals surface area contributed by atoms with Gasteiger partial charge >= 0.3 is 0 Å². The molecule has 0 unspecified atom stereocenters. The number of hydrogen-bond donors (Lipinski definition) is 1. The van der Waals surface area contributed by atoms with E-state index < -0.39 is 0 Å². The Morgan fingerprint density at radius 2 is 1.94 bits per heavy atom. The van der Waals surface area contributed by atoms with E-state index in [0.29, 0.717) is 5.92 Å². The van der Waals surface area contributed by atoms with E-state index in [1.807, 2.05) is 5.51 Å². The molecule has 1 N–H and O–H groups in total. The topological polar surface area (TPSA) is 24.9 Å². The number of benzene rings is 1. The zero-order valence-electron chi connectivity index (χ0n) is 11.2. The van der Waals surface area contributed by atoms with Crippen LogP contribution < -0.4 is 5.32 Å². The number of thiazole rings is 1. The summed E-state index contributed by atoms with van der Waals surface area (Å²) in [4.78, 5) is 5.64. The van der Waals surface area contributed by atoms with E-state index >= 15 is 0 Å². The van der Waals surface area contributed by atoms with Crippen LogP contribution in [-0.2, 0) is 6.42 Å². The maximum atomic E-state index is 4.26. The van der Waals surface area contributed by atoms with Gasteiger partial charge in [0.05, 0.1) is 11.2 Å². The van der Waals surface area contributed by atoms with Crippen molar-refractivity contribution in [1.82, 2.24) is 4.98 Å². The highest BCUT2D eigenvalue weighted by atomic mass is 32.1. The van der Waals surface area contributed by atoms with Gasteiger partial charge in [-0.15, -0.1) is 11.3 Å². The molecule has 0 amide bonds. The molecule has 18 heavy (non-hydrogen) atoms. The van der Waals surface area contributed by atoms with Crippen LogP contribution in [-0.4, -0.2) is 11.5 Å². The van der Waals surface area contributed by atoms with Crippen molar-refractivity contribution in [2.24, 2.45) is 0 Å². The van der Waals surface area contributed by atoms with Gasteiger partial charge < -0.3 is 5.32 Å². The quantitative estimate of drug-likeness (QED) is 0.870. The summed E-state index contributed by atoms with van der Waals surface area (Å²) in [6.45, 7) is 7.47. The number of rotatable bonds is 5. The van der Waals surface area contributed by atoms with Crippen molar-refractivity contribution in [2.45, 2.75) is 33.1 Å². The molecule has 1 aromatic heterocycles. The SMILES string of the molecule is Cc1ncsc1CCNc1ccc(C(C)C)cc1. The third-order valence-electron chi connectivity index (χ3n) is 3.10. The van der Waals surface area contributed by atoms with Crippen LogP contribution in [0.3, 0.4) is 0 Å². The van der Waals surface area contributed by atoms with Gasteiger partial charge in [0.2, 0.25) is 0 Å². The molecule has 0 spiro atoms. The highest BCUT2D eigenvalue weighted by Gasteiger charge is 2.01. The Bertz CT molecular complexity index is 485. The summed E-state index contributed by atoms with van der Waals surface area (Å²) in [7, 11) is 0. The molecule has 2 aromatic rings. The summed E-state index contributed by atoms with van der Waals surface area (Å²) >= 11 is 1.74. The summed E-state index contributed by atoms with van der Waals surface area (Å²) in [5.41, 5.74) is 5.67. The predicted molar refractivity (Wildman–Crippen MR) is 79.6 cm³/mol. The van der Waals surface area contributed by atoms with Gasteiger partial charge in [0.1, 0.15) is 0 Å². The maximum absolute atomic E-state index is 4.26. The number of hydrogen-bond acceptors (Lipinski definition) is 3. The summed E-state index contributed by atoms with van der Waals surface area (Å²) < 4.78 is 0. The molecular formula is C15H20N2S. The lowest BCUT2D eigenvalue weighted by Gasteiger charge is -2.09. The van der Waals surface area contributed by atoms with Gasteiger partial charge in [0.25, 0.3) is 0 Å². The van der Waals surface area contributed by atoms with E-state index in [-0.39, 0.29) is 0 Å². The van der Waals surface area contributed by atoms with E-state index in [1.54, 1.807) is 11.3 Å². The van der Waals surface area contributed by atoms with Crippen LogP contribution in [0.4, 0.5) is 5.69 Å². The first kappa shape index (κ1) is 13.1. The molecule has 0 fully saturated rings. The predicted octanol–water partition coefficient (Wildman–Crippen LogP) is 4.23. The van der Waals surface area contributed by atoms with Crippen LogP contribution in [0.25, 0.3) is 0 Å². The second-order valence-electron chi connectivity index (χ2n) is 4.81. The molecular weight excluding hydrogens is 240 g/mol. The Kier molecular flexibility index (Phi) is 4.37. The van der Waals surface area contributed by atoms with Gasteiger partial charge in [-0.1, -0.05) is 26.0 Å². The lowest BCUT2D eigenvalue weighted by Crippen LogP contribution is -2.04. The van der Waals surface area contributed by atoms with E-state index in [9.17, 15) is 0 Å². The Morgan fingerprint density at radius 1 is 1.22 bits per heavy atom. The number of nitrogens with one attached hydrogen (secondary N) is 1. The van der Waals surface area contributed by atoms with Gasteiger partial charge in [-0.05, 0) is 30.5 Å². The summed E-state index contributed by atoms with van der Waals surface area (Å²) in [6.07, 6.45) is 1.04. The average Bonchev–Trinajstić information content (AvgIpc) is 2.76. The molecule has 96 valence electrons. The first-order valence-corrected chi connectivity index (χ1v) is 7.27. The fraction of sp³-hybridized carbons (Fsp3) is 0.400. The monoisotopic (exact) mass is 260 g/mol. The van der Waals surface area contributed by atoms with Crippen LogP contribution >= 0.6 is 11.3 Å². The fourth-order valence-electron chi connectivity index (χ4n) is 1.87. The van der Waals surface area contributed by atoms with Crippen LogP contribution in [0.5, 0.6) is 0 Å². The normalized spacial score (nSPS) is 10.9. The van der Waals surface area contributed by atoms with E-state index in [1.165, 1.54) is 16.1 Å². The number of aromatic nitrogens is 1. The zero-order chi connectivity index (χ0) is 13.0. The number of aryl methyl sites for hydroxylation is 1. The van der Waals surface area contributed by atoms with Crippen molar-refractivity contribution < 1.29 is 0 Å².